The van der Waals surface area contributed by atoms with Gasteiger partial charge in [-0.2, -0.15) is 0 Å². The van der Waals surface area contributed by atoms with Crippen LogP contribution in [0.4, 0.5) is 0 Å². The van der Waals surface area contributed by atoms with E-state index in [4.69, 9.17) is 0 Å². The number of carbonyl (C=O) groups is 2. The molecule has 0 aliphatic rings. The molecular formula is C11H16O4. The minimum Gasteiger partial charge on any atom is -0.242 e. The smallest absolute Gasteiger partial charge is 0.242 e. The fourth-order valence-corrected chi connectivity index (χ4v) is 0.819. The van der Waals surface area contributed by atoms with E-state index in [0.717, 1.165) is 6.42 Å². The molecule has 4 nitrogen and oxygen atoms in total. The molecule has 15 heavy (non-hydrogen) atoms. The average Bonchev–Trinajstić information content (AvgIpc) is 2.21. The highest BCUT2D eigenvalue weighted by atomic mass is 17.2. The second kappa shape index (κ2) is 6.81. The van der Waals surface area contributed by atoms with Gasteiger partial charge in [0.25, 0.3) is 0 Å². The number of carbonyl (C=O) groups excluding carboxylic acids is 2. The summed E-state index contributed by atoms with van der Waals surface area (Å²) in [6, 6.07) is 0. The largest absolute Gasteiger partial charge is 0.382 e. The first-order valence-corrected chi connectivity index (χ1v) is 4.80. The number of allylic oxidation sites excluding steroid dienone is 1. The summed E-state index contributed by atoms with van der Waals surface area (Å²) in [5.74, 6) is -1.37. The summed E-state index contributed by atoms with van der Waals surface area (Å²) in [5.41, 5.74) is 0.673. The van der Waals surface area contributed by atoms with Gasteiger partial charge in [-0.25, -0.2) is 19.4 Å². The molecule has 4 heteroatoms. The third kappa shape index (κ3) is 5.00. The van der Waals surface area contributed by atoms with E-state index in [0.29, 0.717) is 12.0 Å². The molecule has 0 spiro atoms. The Morgan fingerprint density at radius 1 is 1.20 bits per heavy atom. The third-order valence-corrected chi connectivity index (χ3v) is 1.64. The number of hydrogen-bond donors (Lipinski definition) is 0. The monoisotopic (exact) mass is 212 g/mol. The fraction of sp³-hybridized carbons (Fsp3) is 0.455. The van der Waals surface area contributed by atoms with Crippen LogP contribution in [0.5, 0.6) is 0 Å². The van der Waals surface area contributed by atoms with Crippen LogP contribution in [0.1, 0.15) is 33.6 Å². The Bertz CT molecular complexity index is 289. The maximum Gasteiger partial charge on any atom is 0.382 e. The van der Waals surface area contributed by atoms with Gasteiger partial charge in [-0.15, -0.1) is 0 Å². The Kier molecular flexibility index (Phi) is 6.09. The van der Waals surface area contributed by atoms with Crippen LogP contribution < -0.4 is 0 Å². The molecule has 0 radical (unpaired) electrons. The van der Waals surface area contributed by atoms with Gasteiger partial charge in [0.1, 0.15) is 0 Å². The number of rotatable bonds is 4. The van der Waals surface area contributed by atoms with Crippen molar-refractivity contribution in [2.75, 3.05) is 0 Å². The lowest BCUT2D eigenvalue weighted by molar-refractivity contribution is -0.252. The lowest BCUT2D eigenvalue weighted by Gasteiger charge is -2.04. The molecule has 0 N–H and O–H groups in total. The molecule has 0 fully saturated rings. The number of hydrogen-bond acceptors (Lipinski definition) is 4. The zero-order valence-electron chi connectivity index (χ0n) is 9.33. The van der Waals surface area contributed by atoms with Gasteiger partial charge in [0.15, 0.2) is 0 Å². The highest BCUT2D eigenvalue weighted by Gasteiger charge is 2.13. The fourth-order valence-electron chi connectivity index (χ4n) is 0.819. The minimum absolute atomic E-state index is 0.181. The second-order valence-electron chi connectivity index (χ2n) is 3.01. The van der Waals surface area contributed by atoms with E-state index in [-0.39, 0.29) is 5.57 Å². The molecule has 0 rings (SSSR count). The summed E-state index contributed by atoms with van der Waals surface area (Å²) < 4.78 is 0. The molecule has 0 aromatic heterocycles. The maximum absolute atomic E-state index is 11.3. The highest BCUT2D eigenvalue weighted by molar-refractivity contribution is 5.90. The van der Waals surface area contributed by atoms with Gasteiger partial charge in [-0.05, 0) is 19.8 Å². The molecule has 0 bridgehead atoms. The first-order chi connectivity index (χ1) is 7.02. The average molecular weight is 212 g/mol. The van der Waals surface area contributed by atoms with E-state index in [1.807, 2.05) is 13.8 Å². The van der Waals surface area contributed by atoms with Crippen molar-refractivity contribution in [3.05, 3.63) is 23.8 Å². The summed E-state index contributed by atoms with van der Waals surface area (Å²) in [5, 5.41) is 0. The van der Waals surface area contributed by atoms with Crippen molar-refractivity contribution < 1.29 is 19.4 Å². The summed E-state index contributed by atoms with van der Waals surface area (Å²) in [6.07, 6.45) is 3.00. The summed E-state index contributed by atoms with van der Waals surface area (Å²) >= 11 is 0. The van der Waals surface area contributed by atoms with Crippen molar-refractivity contribution in [3.63, 3.8) is 0 Å². The summed E-state index contributed by atoms with van der Waals surface area (Å²) in [7, 11) is 0. The van der Waals surface area contributed by atoms with Crippen molar-refractivity contribution in [1.82, 2.24) is 0 Å². The highest BCUT2D eigenvalue weighted by Crippen LogP contribution is 2.06. The van der Waals surface area contributed by atoms with Gasteiger partial charge in [0.2, 0.25) is 0 Å². The maximum atomic E-state index is 11.3. The van der Waals surface area contributed by atoms with E-state index in [1.54, 1.807) is 6.08 Å². The van der Waals surface area contributed by atoms with E-state index in [9.17, 15) is 9.59 Å². The van der Waals surface area contributed by atoms with Crippen molar-refractivity contribution in [2.45, 2.75) is 33.6 Å². The van der Waals surface area contributed by atoms with Crippen LogP contribution in [-0.4, -0.2) is 11.9 Å². The SMILES string of the molecule is C=C(C)C(=O)OOC(=O)C(=CCC)CC. The van der Waals surface area contributed by atoms with E-state index in [2.05, 4.69) is 16.4 Å². The van der Waals surface area contributed by atoms with Crippen molar-refractivity contribution >= 4 is 11.9 Å². The van der Waals surface area contributed by atoms with Gasteiger partial charge < -0.3 is 0 Å². The first kappa shape index (κ1) is 13.4. The molecule has 0 unspecified atom stereocenters. The molecule has 0 saturated carbocycles. The lowest BCUT2D eigenvalue weighted by atomic mass is 10.2. The van der Waals surface area contributed by atoms with E-state index < -0.39 is 11.9 Å². The van der Waals surface area contributed by atoms with Crippen LogP contribution in [0.3, 0.4) is 0 Å². The summed E-state index contributed by atoms with van der Waals surface area (Å²) in [4.78, 5) is 30.8. The summed E-state index contributed by atoms with van der Waals surface area (Å²) in [6.45, 7) is 8.55. The molecular weight excluding hydrogens is 196 g/mol. The molecule has 0 heterocycles. The predicted octanol–water partition coefficient (Wildman–Crippen LogP) is 2.31. The Balaban J connectivity index is 4.19. The van der Waals surface area contributed by atoms with Crippen LogP contribution in [-0.2, 0) is 19.4 Å². The quantitative estimate of drug-likeness (QED) is 0.407. The van der Waals surface area contributed by atoms with Crippen LogP contribution in [0, 0.1) is 0 Å². The Hall–Kier alpha value is -1.58. The zero-order valence-corrected chi connectivity index (χ0v) is 9.33. The molecule has 0 aliphatic carbocycles. The van der Waals surface area contributed by atoms with Crippen molar-refractivity contribution in [1.29, 1.82) is 0 Å². The van der Waals surface area contributed by atoms with Crippen LogP contribution >= 0.6 is 0 Å². The standard InChI is InChI=1S/C11H16O4/c1-5-7-9(6-2)11(13)15-14-10(12)8(3)4/h7H,3,5-6H2,1-2,4H3. The molecule has 0 aliphatic heterocycles. The second-order valence-corrected chi connectivity index (χ2v) is 3.01. The Morgan fingerprint density at radius 3 is 2.13 bits per heavy atom. The van der Waals surface area contributed by atoms with Gasteiger partial charge in [-0.3, -0.25) is 0 Å². The zero-order chi connectivity index (χ0) is 11.8. The van der Waals surface area contributed by atoms with Gasteiger partial charge in [-0.1, -0.05) is 26.5 Å². The lowest BCUT2D eigenvalue weighted by Crippen LogP contribution is -2.13. The Labute approximate surface area is 89.5 Å². The minimum atomic E-state index is -0.740. The first-order valence-electron chi connectivity index (χ1n) is 4.80. The topological polar surface area (TPSA) is 52.6 Å². The molecule has 0 aromatic carbocycles. The van der Waals surface area contributed by atoms with E-state index >= 15 is 0 Å². The van der Waals surface area contributed by atoms with Gasteiger partial charge in [0, 0.05) is 11.1 Å². The van der Waals surface area contributed by atoms with Crippen molar-refractivity contribution in [3.8, 4) is 0 Å². The van der Waals surface area contributed by atoms with Crippen molar-refractivity contribution in [2.24, 2.45) is 0 Å². The van der Waals surface area contributed by atoms with Crippen LogP contribution in [0.2, 0.25) is 0 Å². The van der Waals surface area contributed by atoms with Crippen LogP contribution in [0.25, 0.3) is 0 Å². The molecule has 0 aromatic rings. The molecule has 84 valence electrons. The predicted molar refractivity (Wildman–Crippen MR) is 55.7 cm³/mol. The van der Waals surface area contributed by atoms with E-state index in [1.165, 1.54) is 6.92 Å². The molecule has 0 amide bonds. The normalized spacial score (nSPS) is 10.7. The molecule has 0 saturated heterocycles. The Morgan fingerprint density at radius 2 is 1.73 bits per heavy atom. The third-order valence-electron chi connectivity index (χ3n) is 1.64. The van der Waals surface area contributed by atoms with Gasteiger partial charge >= 0.3 is 11.9 Å². The molecule has 0 atom stereocenters. The van der Waals surface area contributed by atoms with Crippen LogP contribution in [0.15, 0.2) is 23.8 Å². The van der Waals surface area contributed by atoms with Gasteiger partial charge in [0.05, 0.1) is 0 Å².